The third-order valence-corrected chi connectivity index (χ3v) is 8.97. The van der Waals surface area contributed by atoms with Crippen LogP contribution >= 0.6 is 0 Å². The summed E-state index contributed by atoms with van der Waals surface area (Å²) >= 11 is 0. The van der Waals surface area contributed by atoms with E-state index in [0.29, 0.717) is 49.0 Å². The molecule has 0 aromatic heterocycles. The number of ether oxygens (including phenoxy) is 6. The van der Waals surface area contributed by atoms with Crippen LogP contribution in [0.2, 0.25) is 0 Å². The third kappa shape index (κ3) is 7.70. The van der Waals surface area contributed by atoms with E-state index in [1.807, 2.05) is 27.7 Å². The zero-order chi connectivity index (χ0) is 36.8. The number of carbonyl (C=O) groups excluding carboxylic acids is 3. The van der Waals surface area contributed by atoms with Gasteiger partial charge in [-0.25, -0.2) is 0 Å². The predicted molar refractivity (Wildman–Crippen MR) is 183 cm³/mol. The van der Waals surface area contributed by atoms with Crippen LogP contribution in [0.1, 0.15) is 44.9 Å². The average Bonchev–Trinajstić information content (AvgIpc) is 3.14. The van der Waals surface area contributed by atoms with Crippen molar-refractivity contribution in [3.8, 4) is 23.0 Å². The Morgan fingerprint density at radius 3 is 2.12 bits per heavy atom. The summed E-state index contributed by atoms with van der Waals surface area (Å²) in [7, 11) is 1.47. The third-order valence-electron chi connectivity index (χ3n) is 8.97. The van der Waals surface area contributed by atoms with Gasteiger partial charge in [0.25, 0.3) is 11.8 Å². The van der Waals surface area contributed by atoms with Gasteiger partial charge in [0.1, 0.15) is 23.5 Å². The molecular formula is C37H44N2O12. The highest BCUT2D eigenvalue weighted by Gasteiger charge is 2.44. The molecule has 14 nitrogen and oxygen atoms in total. The molecule has 0 saturated carbocycles. The molecule has 0 spiro atoms. The minimum absolute atomic E-state index is 0.144. The molecular weight excluding hydrogens is 664 g/mol. The van der Waals surface area contributed by atoms with Crippen LogP contribution in [0.5, 0.6) is 23.0 Å². The number of amides is 2. The van der Waals surface area contributed by atoms with Crippen molar-refractivity contribution in [1.82, 2.24) is 9.80 Å². The molecule has 2 amide bonds. The smallest absolute Gasteiger partial charge is 0.260 e. The molecule has 2 aliphatic heterocycles. The topological polar surface area (TPSA) is 174 Å². The number of carbonyl (C=O) groups is 3. The van der Waals surface area contributed by atoms with Crippen molar-refractivity contribution < 1.29 is 58.1 Å². The Bertz CT molecular complexity index is 1730. The van der Waals surface area contributed by atoms with E-state index in [0.717, 1.165) is 0 Å². The fourth-order valence-electron chi connectivity index (χ4n) is 6.13. The van der Waals surface area contributed by atoms with E-state index in [1.54, 1.807) is 40.1 Å². The van der Waals surface area contributed by atoms with Crippen molar-refractivity contribution >= 4 is 23.4 Å². The van der Waals surface area contributed by atoms with Crippen molar-refractivity contribution in [2.45, 2.75) is 46.0 Å². The number of methoxy groups -OCH3 is 1. The minimum Gasteiger partial charge on any atom is -0.511 e. The quantitative estimate of drug-likeness (QED) is 0.259. The second-order valence-electron chi connectivity index (χ2n) is 11.9. The number of rotatable bonds is 14. The lowest BCUT2D eigenvalue weighted by molar-refractivity contribution is -0.134. The summed E-state index contributed by atoms with van der Waals surface area (Å²) in [4.78, 5) is 41.5. The lowest BCUT2D eigenvalue weighted by Gasteiger charge is -2.35. The Morgan fingerprint density at radius 1 is 0.824 bits per heavy atom. The van der Waals surface area contributed by atoms with Crippen molar-refractivity contribution in [2.75, 3.05) is 53.1 Å². The molecule has 4 unspecified atom stereocenters. The second kappa shape index (κ2) is 16.1. The highest BCUT2D eigenvalue weighted by atomic mass is 16.6. The summed E-state index contributed by atoms with van der Waals surface area (Å²) in [6, 6.07) is 9.69. The SMILES string of the molecule is CCN(CC)C(=O)COC1=CC2OC(c3ccc4c(c3)OC(c3ccc(OCC(=O)N(CC)CC)c(OC)c3)C(CO)O4)=C(O)C(=O)C2C(O)=C1. The van der Waals surface area contributed by atoms with Crippen molar-refractivity contribution in [3.05, 3.63) is 77.0 Å². The van der Waals surface area contributed by atoms with Crippen molar-refractivity contribution in [3.63, 3.8) is 0 Å². The van der Waals surface area contributed by atoms with Gasteiger partial charge in [-0.15, -0.1) is 0 Å². The lowest BCUT2D eigenvalue weighted by atomic mass is 9.86. The fraction of sp³-hybridized carbons (Fsp3) is 0.432. The van der Waals surface area contributed by atoms with Gasteiger partial charge in [0.2, 0.25) is 11.5 Å². The minimum atomic E-state index is -1.20. The number of fused-ring (bicyclic) bond motifs is 2. The van der Waals surface area contributed by atoms with Crippen LogP contribution in [0.3, 0.4) is 0 Å². The zero-order valence-corrected chi connectivity index (χ0v) is 29.3. The van der Waals surface area contributed by atoms with Gasteiger partial charge in [0, 0.05) is 43.4 Å². The monoisotopic (exact) mass is 708 g/mol. The number of aliphatic hydroxyl groups excluding tert-OH is 3. The van der Waals surface area contributed by atoms with Crippen molar-refractivity contribution in [2.24, 2.45) is 5.92 Å². The summed E-state index contributed by atoms with van der Waals surface area (Å²) < 4.78 is 35.4. The van der Waals surface area contributed by atoms with Crippen LogP contribution in [-0.2, 0) is 23.9 Å². The van der Waals surface area contributed by atoms with Crippen LogP contribution in [-0.4, -0.2) is 108 Å². The van der Waals surface area contributed by atoms with E-state index in [2.05, 4.69) is 0 Å². The zero-order valence-electron chi connectivity index (χ0n) is 29.3. The molecule has 0 saturated heterocycles. The fourth-order valence-corrected chi connectivity index (χ4v) is 6.13. The van der Waals surface area contributed by atoms with Gasteiger partial charge in [-0.2, -0.15) is 0 Å². The first-order chi connectivity index (χ1) is 24.6. The largest absolute Gasteiger partial charge is 0.511 e. The molecule has 3 N–H and O–H groups in total. The molecule has 5 rings (SSSR count). The van der Waals surface area contributed by atoms with E-state index in [-0.39, 0.29) is 60.2 Å². The number of aliphatic hydroxyl groups is 3. The molecule has 0 bridgehead atoms. The molecule has 14 heteroatoms. The van der Waals surface area contributed by atoms with Crippen LogP contribution in [0.15, 0.2) is 65.8 Å². The van der Waals surface area contributed by atoms with Gasteiger partial charge in [-0.05, 0) is 64.1 Å². The Kier molecular flexibility index (Phi) is 11.7. The maximum absolute atomic E-state index is 13.3. The van der Waals surface area contributed by atoms with Crippen LogP contribution in [0, 0.1) is 5.92 Å². The number of nitrogens with zero attached hydrogens (tertiary/aromatic N) is 2. The first-order valence-electron chi connectivity index (χ1n) is 16.9. The highest BCUT2D eigenvalue weighted by molar-refractivity contribution is 6.04. The van der Waals surface area contributed by atoms with E-state index in [1.165, 1.54) is 25.3 Å². The van der Waals surface area contributed by atoms with Gasteiger partial charge in [-0.3, -0.25) is 14.4 Å². The van der Waals surface area contributed by atoms with Gasteiger partial charge in [0.15, 0.2) is 54.2 Å². The molecule has 2 aromatic carbocycles. The van der Waals surface area contributed by atoms with Gasteiger partial charge >= 0.3 is 0 Å². The van der Waals surface area contributed by atoms with E-state index in [9.17, 15) is 29.7 Å². The molecule has 1 aliphatic carbocycles. The summed E-state index contributed by atoms with van der Waals surface area (Å²) in [6.07, 6.45) is 0.0457. The summed E-state index contributed by atoms with van der Waals surface area (Å²) in [5.41, 5.74) is 0.864. The van der Waals surface area contributed by atoms with Gasteiger partial charge < -0.3 is 53.5 Å². The molecule has 0 radical (unpaired) electrons. The highest BCUT2D eigenvalue weighted by Crippen LogP contribution is 2.44. The first kappa shape index (κ1) is 36.9. The Balaban J connectivity index is 1.36. The Labute approximate surface area is 296 Å². The number of Topliss-reactive ketones (excluding diaryl/α,β-unsaturated/α-hetero) is 1. The number of likely N-dealkylation sites (N-methyl/N-ethyl adjacent to an activating group) is 2. The average molecular weight is 709 g/mol. The van der Waals surface area contributed by atoms with Gasteiger partial charge in [-0.1, -0.05) is 6.07 Å². The molecule has 3 aliphatic rings. The predicted octanol–water partition coefficient (Wildman–Crippen LogP) is 3.85. The maximum Gasteiger partial charge on any atom is 0.260 e. The van der Waals surface area contributed by atoms with E-state index in [4.69, 9.17) is 28.4 Å². The lowest BCUT2D eigenvalue weighted by Crippen LogP contribution is -2.39. The number of hydrogen-bond donors (Lipinski definition) is 3. The normalized spacial score (nSPS) is 20.7. The maximum atomic E-state index is 13.3. The van der Waals surface area contributed by atoms with E-state index < -0.39 is 35.8 Å². The number of allylic oxidation sites excluding steroid dienone is 2. The van der Waals surface area contributed by atoms with Crippen LogP contribution in [0.4, 0.5) is 0 Å². The molecule has 0 fully saturated rings. The van der Waals surface area contributed by atoms with E-state index >= 15 is 0 Å². The Morgan fingerprint density at radius 2 is 1.49 bits per heavy atom. The molecule has 2 aromatic rings. The van der Waals surface area contributed by atoms with Crippen LogP contribution in [0.25, 0.3) is 5.76 Å². The molecule has 2 heterocycles. The number of benzene rings is 2. The molecule has 4 atom stereocenters. The Hall–Kier alpha value is -5.37. The second-order valence-corrected chi connectivity index (χ2v) is 11.9. The summed E-state index contributed by atoms with van der Waals surface area (Å²) in [5.74, 6) is -2.18. The van der Waals surface area contributed by atoms with Crippen LogP contribution < -0.4 is 18.9 Å². The summed E-state index contributed by atoms with van der Waals surface area (Å²) in [6.45, 7) is 8.83. The standard InChI is InChI=1S/C37H44N2O12/c1-6-38(7-2)31(42)19-47-23-16-24(41)33-29(17-23)51-37(35(45)34(33)44)22-11-13-26-28(15-22)50-36(30(18-40)49-26)21-10-12-25(27(14-21)46-5)48-20-32(43)39(8-3)9-4/h10-17,29-30,33,36,40-41,45H,6-9,18-20H2,1-5H3. The first-order valence-corrected chi connectivity index (χ1v) is 16.9. The number of hydrogen-bond acceptors (Lipinski definition) is 12. The molecule has 51 heavy (non-hydrogen) atoms. The summed E-state index contributed by atoms with van der Waals surface area (Å²) in [5, 5.41) is 31.9. The molecule has 274 valence electrons. The number of ketones is 1. The van der Waals surface area contributed by atoms with Crippen molar-refractivity contribution in [1.29, 1.82) is 0 Å². The van der Waals surface area contributed by atoms with Gasteiger partial charge in [0.05, 0.1) is 13.7 Å².